The monoisotopic (exact) mass is 392 g/mol. The molecule has 0 bridgehead atoms. The van der Waals surface area contributed by atoms with Crippen LogP contribution < -0.4 is 0 Å². The summed E-state index contributed by atoms with van der Waals surface area (Å²) in [5, 5.41) is 0. The van der Waals surface area contributed by atoms with Crippen molar-refractivity contribution >= 4 is 17.5 Å². The number of ketones is 2. The highest BCUT2D eigenvalue weighted by Crippen LogP contribution is 2.38. The second-order valence-electron chi connectivity index (χ2n) is 8.18. The number of aryl methyl sites for hydroxylation is 3. The number of nitrogens with zero attached hydrogens (tertiary/aromatic N) is 2. The Balaban J connectivity index is 2.07. The van der Waals surface area contributed by atoms with E-state index in [-0.39, 0.29) is 5.78 Å². The minimum atomic E-state index is -1.02. The van der Waals surface area contributed by atoms with Gasteiger partial charge in [0.05, 0.1) is 6.04 Å². The third kappa shape index (κ3) is 4.15. The van der Waals surface area contributed by atoms with Gasteiger partial charge in [-0.25, -0.2) is 0 Å². The number of Topliss-reactive ketones (excluding diaryl/α,β-unsaturated/α-hetero) is 2. The molecule has 1 aliphatic rings. The van der Waals surface area contributed by atoms with E-state index >= 15 is 0 Å². The summed E-state index contributed by atoms with van der Waals surface area (Å²) in [4.78, 5) is 42.9. The molecule has 3 rings (SSSR count). The van der Waals surface area contributed by atoms with Crippen LogP contribution in [-0.2, 0) is 9.59 Å². The van der Waals surface area contributed by atoms with E-state index in [4.69, 9.17) is 0 Å². The van der Waals surface area contributed by atoms with Gasteiger partial charge in [0.1, 0.15) is 5.92 Å². The average Bonchev–Trinajstić information content (AvgIpc) is 2.93. The summed E-state index contributed by atoms with van der Waals surface area (Å²) in [6.45, 7) is 6.77. The predicted molar refractivity (Wildman–Crippen MR) is 113 cm³/mol. The SMILES string of the molecule is Cc1ccc(C2C(C(=O)c3cc(C)ccc3C)C(=O)C(=O)N2CCN(C)C)cc1. The molecule has 1 amide bonds. The summed E-state index contributed by atoms with van der Waals surface area (Å²) < 4.78 is 0. The van der Waals surface area contributed by atoms with Gasteiger partial charge < -0.3 is 9.80 Å². The van der Waals surface area contributed by atoms with E-state index in [0.29, 0.717) is 18.7 Å². The molecule has 0 aromatic heterocycles. The topological polar surface area (TPSA) is 57.7 Å². The molecule has 29 heavy (non-hydrogen) atoms. The van der Waals surface area contributed by atoms with Gasteiger partial charge in [0.2, 0.25) is 5.78 Å². The molecular weight excluding hydrogens is 364 g/mol. The van der Waals surface area contributed by atoms with Gasteiger partial charge in [-0.15, -0.1) is 0 Å². The van der Waals surface area contributed by atoms with E-state index in [1.807, 2.05) is 82.2 Å². The summed E-state index contributed by atoms with van der Waals surface area (Å²) in [7, 11) is 3.84. The number of hydrogen-bond acceptors (Lipinski definition) is 4. The minimum Gasteiger partial charge on any atom is -0.327 e. The van der Waals surface area contributed by atoms with E-state index in [0.717, 1.165) is 22.3 Å². The molecule has 0 N–H and O–H groups in total. The summed E-state index contributed by atoms with van der Waals surface area (Å²) in [5.41, 5.74) is 4.18. The molecule has 1 fully saturated rings. The molecule has 5 nitrogen and oxygen atoms in total. The van der Waals surface area contributed by atoms with Gasteiger partial charge in [-0.05, 0) is 52.1 Å². The Morgan fingerprint density at radius 1 is 0.966 bits per heavy atom. The normalized spacial score (nSPS) is 19.3. The number of carbonyl (C=O) groups excluding carboxylic acids is 3. The molecule has 0 spiro atoms. The van der Waals surface area contributed by atoms with E-state index in [2.05, 4.69) is 0 Å². The van der Waals surface area contributed by atoms with Gasteiger partial charge in [0.25, 0.3) is 5.91 Å². The Bertz CT molecular complexity index is 947. The first-order valence-corrected chi connectivity index (χ1v) is 9.88. The van der Waals surface area contributed by atoms with Gasteiger partial charge in [-0.3, -0.25) is 14.4 Å². The zero-order valence-electron chi connectivity index (χ0n) is 17.7. The van der Waals surface area contributed by atoms with Crippen molar-refractivity contribution in [2.45, 2.75) is 26.8 Å². The zero-order valence-corrected chi connectivity index (χ0v) is 17.7. The van der Waals surface area contributed by atoms with Gasteiger partial charge >= 0.3 is 0 Å². The molecule has 2 aromatic rings. The minimum absolute atomic E-state index is 0.275. The summed E-state index contributed by atoms with van der Waals surface area (Å²) in [5.74, 6) is -2.48. The van der Waals surface area contributed by atoms with E-state index < -0.39 is 23.7 Å². The molecule has 152 valence electrons. The predicted octanol–water partition coefficient (Wildman–Crippen LogP) is 3.12. The Hall–Kier alpha value is -2.79. The highest BCUT2D eigenvalue weighted by Gasteiger charge is 2.51. The van der Waals surface area contributed by atoms with Crippen LogP contribution in [0.4, 0.5) is 0 Å². The number of likely N-dealkylation sites (N-methyl/N-ethyl adjacent to an activating group) is 1. The molecule has 2 aromatic carbocycles. The third-order valence-corrected chi connectivity index (χ3v) is 5.55. The number of benzene rings is 2. The Labute approximate surface area is 172 Å². The second-order valence-corrected chi connectivity index (χ2v) is 8.18. The van der Waals surface area contributed by atoms with Crippen LogP contribution in [0, 0.1) is 26.7 Å². The molecule has 1 heterocycles. The van der Waals surface area contributed by atoms with Crippen molar-refractivity contribution in [1.82, 2.24) is 9.80 Å². The van der Waals surface area contributed by atoms with E-state index in [1.165, 1.54) is 0 Å². The van der Waals surface area contributed by atoms with Crippen molar-refractivity contribution < 1.29 is 14.4 Å². The number of rotatable bonds is 6. The van der Waals surface area contributed by atoms with Crippen molar-refractivity contribution in [3.05, 3.63) is 70.3 Å². The maximum absolute atomic E-state index is 13.5. The molecular formula is C24H28N2O3. The highest BCUT2D eigenvalue weighted by molar-refractivity contribution is 6.44. The molecule has 1 saturated heterocycles. The van der Waals surface area contributed by atoms with Crippen LogP contribution in [0.3, 0.4) is 0 Å². The fourth-order valence-electron chi connectivity index (χ4n) is 3.84. The molecule has 2 atom stereocenters. The standard InChI is InChI=1S/C24H28N2O3/c1-15-7-10-18(11-8-15)21-20(22(27)19-14-16(2)6-9-17(19)3)23(28)24(29)26(21)13-12-25(4)5/h6-11,14,20-21H,12-13H2,1-5H3. The van der Waals surface area contributed by atoms with Crippen LogP contribution in [0.1, 0.15) is 38.7 Å². The molecule has 0 radical (unpaired) electrons. The number of likely N-dealkylation sites (tertiary alicyclic amines) is 1. The largest absolute Gasteiger partial charge is 0.327 e. The van der Waals surface area contributed by atoms with Crippen LogP contribution in [-0.4, -0.2) is 54.5 Å². The van der Waals surface area contributed by atoms with Gasteiger partial charge in [0, 0.05) is 18.7 Å². The number of hydrogen-bond donors (Lipinski definition) is 0. The van der Waals surface area contributed by atoms with Gasteiger partial charge in [0.15, 0.2) is 5.78 Å². The second kappa shape index (κ2) is 8.29. The zero-order chi connectivity index (χ0) is 21.3. The van der Waals surface area contributed by atoms with Crippen molar-refractivity contribution in [3.8, 4) is 0 Å². The molecule has 1 aliphatic heterocycles. The maximum Gasteiger partial charge on any atom is 0.291 e. The lowest BCUT2D eigenvalue weighted by Gasteiger charge is -2.28. The van der Waals surface area contributed by atoms with Crippen molar-refractivity contribution in [3.63, 3.8) is 0 Å². The van der Waals surface area contributed by atoms with Gasteiger partial charge in [-0.2, -0.15) is 0 Å². The number of carbonyl (C=O) groups is 3. The van der Waals surface area contributed by atoms with Crippen LogP contribution in [0.5, 0.6) is 0 Å². The Morgan fingerprint density at radius 2 is 1.59 bits per heavy atom. The molecule has 0 aliphatic carbocycles. The van der Waals surface area contributed by atoms with Crippen molar-refractivity contribution in [2.75, 3.05) is 27.2 Å². The Morgan fingerprint density at radius 3 is 2.21 bits per heavy atom. The maximum atomic E-state index is 13.5. The lowest BCUT2D eigenvalue weighted by Crippen LogP contribution is -2.36. The highest BCUT2D eigenvalue weighted by atomic mass is 16.2. The van der Waals surface area contributed by atoms with Crippen LogP contribution >= 0.6 is 0 Å². The van der Waals surface area contributed by atoms with Crippen molar-refractivity contribution in [1.29, 1.82) is 0 Å². The summed E-state index contributed by atoms with van der Waals surface area (Å²) >= 11 is 0. The Kier molecular flexibility index (Phi) is 5.99. The first-order chi connectivity index (χ1) is 13.7. The summed E-state index contributed by atoms with van der Waals surface area (Å²) in [6.07, 6.45) is 0. The van der Waals surface area contributed by atoms with Crippen molar-refractivity contribution in [2.24, 2.45) is 5.92 Å². The van der Waals surface area contributed by atoms with Crippen LogP contribution in [0.25, 0.3) is 0 Å². The lowest BCUT2D eigenvalue weighted by atomic mass is 9.84. The third-order valence-electron chi connectivity index (χ3n) is 5.55. The first-order valence-electron chi connectivity index (χ1n) is 9.88. The smallest absolute Gasteiger partial charge is 0.291 e. The lowest BCUT2D eigenvalue weighted by molar-refractivity contribution is -0.140. The first kappa shape index (κ1) is 20.9. The quantitative estimate of drug-likeness (QED) is 0.431. The molecule has 0 saturated carbocycles. The average molecular weight is 392 g/mol. The fourth-order valence-corrected chi connectivity index (χ4v) is 3.84. The fraction of sp³-hybridized carbons (Fsp3) is 0.375. The number of amides is 1. The van der Waals surface area contributed by atoms with Crippen LogP contribution in [0.2, 0.25) is 0 Å². The van der Waals surface area contributed by atoms with E-state index in [9.17, 15) is 14.4 Å². The van der Waals surface area contributed by atoms with Crippen LogP contribution in [0.15, 0.2) is 42.5 Å². The molecule has 5 heteroatoms. The van der Waals surface area contributed by atoms with Gasteiger partial charge in [-0.1, -0.05) is 47.5 Å². The molecule has 2 unspecified atom stereocenters. The summed E-state index contributed by atoms with van der Waals surface area (Å²) in [6, 6.07) is 12.8. The van der Waals surface area contributed by atoms with E-state index in [1.54, 1.807) is 4.90 Å².